The van der Waals surface area contributed by atoms with E-state index in [1.54, 1.807) is 32.0 Å². The molecule has 0 unspecified atom stereocenters. The van der Waals surface area contributed by atoms with Crippen molar-refractivity contribution >= 4 is 39.1 Å². The molecule has 1 saturated carbocycles. The number of benzene rings is 2. The van der Waals surface area contributed by atoms with Crippen LogP contribution in [-0.4, -0.2) is 50.0 Å². The lowest BCUT2D eigenvalue weighted by atomic mass is 9.95. The lowest BCUT2D eigenvalue weighted by molar-refractivity contribution is -0.139. The first-order valence-corrected chi connectivity index (χ1v) is 14.6. The normalized spacial score (nSPS) is 15.2. The second kappa shape index (κ2) is 12.1. The van der Waals surface area contributed by atoms with Gasteiger partial charge in [0.2, 0.25) is 21.8 Å². The molecule has 0 aliphatic heterocycles. The molecule has 2 amide bonds. The van der Waals surface area contributed by atoms with Crippen molar-refractivity contribution in [2.24, 2.45) is 0 Å². The Morgan fingerprint density at radius 1 is 1.08 bits per heavy atom. The van der Waals surface area contributed by atoms with Crippen molar-refractivity contribution in [3.05, 3.63) is 64.2 Å². The van der Waals surface area contributed by atoms with Crippen molar-refractivity contribution < 1.29 is 18.0 Å². The maximum absolute atomic E-state index is 13.7. The molecule has 0 radical (unpaired) electrons. The van der Waals surface area contributed by atoms with E-state index in [0.29, 0.717) is 16.3 Å². The van der Waals surface area contributed by atoms with Gasteiger partial charge >= 0.3 is 0 Å². The Kier molecular flexibility index (Phi) is 9.41. The summed E-state index contributed by atoms with van der Waals surface area (Å²) in [4.78, 5) is 28.4. The van der Waals surface area contributed by atoms with Crippen molar-refractivity contribution in [3.8, 4) is 0 Å². The van der Waals surface area contributed by atoms with Crippen LogP contribution in [0.1, 0.15) is 55.7 Å². The van der Waals surface area contributed by atoms with Gasteiger partial charge in [-0.2, -0.15) is 0 Å². The van der Waals surface area contributed by atoms with Crippen LogP contribution in [0.5, 0.6) is 0 Å². The van der Waals surface area contributed by atoms with E-state index in [9.17, 15) is 18.0 Å². The molecule has 1 atom stereocenters. The van der Waals surface area contributed by atoms with Crippen molar-refractivity contribution in [3.63, 3.8) is 0 Å². The monoisotopic (exact) mass is 533 g/mol. The molecule has 196 valence electrons. The van der Waals surface area contributed by atoms with E-state index in [4.69, 9.17) is 11.6 Å². The van der Waals surface area contributed by atoms with Gasteiger partial charge < -0.3 is 10.2 Å². The van der Waals surface area contributed by atoms with Gasteiger partial charge in [0.05, 0.1) is 11.9 Å². The molecule has 7 nitrogen and oxygen atoms in total. The first kappa shape index (κ1) is 28.0. The molecule has 1 aliphatic carbocycles. The number of sulfonamides is 1. The molecule has 1 N–H and O–H groups in total. The summed E-state index contributed by atoms with van der Waals surface area (Å²) in [5.74, 6) is -0.681. The van der Waals surface area contributed by atoms with Crippen LogP contribution in [0, 0.1) is 13.8 Å². The third-order valence-electron chi connectivity index (χ3n) is 6.66. The lowest BCUT2D eigenvalue weighted by Gasteiger charge is -2.33. The molecule has 0 heterocycles. The first-order chi connectivity index (χ1) is 17.0. The van der Waals surface area contributed by atoms with Crippen LogP contribution in [0.25, 0.3) is 0 Å². The molecular weight excluding hydrogens is 498 g/mol. The van der Waals surface area contributed by atoms with Crippen molar-refractivity contribution in [1.82, 2.24) is 10.2 Å². The minimum absolute atomic E-state index is 0.105. The van der Waals surface area contributed by atoms with Gasteiger partial charge in [-0.25, -0.2) is 8.42 Å². The molecule has 1 aliphatic rings. The molecule has 0 saturated heterocycles. The Morgan fingerprint density at radius 2 is 1.78 bits per heavy atom. The maximum atomic E-state index is 13.7. The summed E-state index contributed by atoms with van der Waals surface area (Å²) in [6.45, 7) is 5.17. The zero-order chi connectivity index (χ0) is 26.5. The van der Waals surface area contributed by atoms with E-state index in [1.807, 2.05) is 31.2 Å². The Hall–Kier alpha value is -2.58. The molecule has 3 rings (SSSR count). The molecular formula is C27H36ClN3O4S. The summed E-state index contributed by atoms with van der Waals surface area (Å²) in [5, 5.41) is 3.58. The van der Waals surface area contributed by atoms with Crippen molar-refractivity contribution in [2.45, 2.75) is 71.5 Å². The van der Waals surface area contributed by atoms with Crippen LogP contribution in [0.15, 0.2) is 42.5 Å². The zero-order valence-corrected chi connectivity index (χ0v) is 23.0. The number of carbonyl (C=O) groups is 2. The summed E-state index contributed by atoms with van der Waals surface area (Å²) >= 11 is 6.06. The van der Waals surface area contributed by atoms with Gasteiger partial charge in [-0.15, -0.1) is 0 Å². The fourth-order valence-corrected chi connectivity index (χ4v) is 5.79. The maximum Gasteiger partial charge on any atom is 0.244 e. The van der Waals surface area contributed by atoms with Gasteiger partial charge in [0.1, 0.15) is 12.6 Å². The van der Waals surface area contributed by atoms with E-state index < -0.39 is 28.5 Å². The zero-order valence-electron chi connectivity index (χ0n) is 21.5. The predicted molar refractivity (Wildman–Crippen MR) is 145 cm³/mol. The first-order valence-electron chi connectivity index (χ1n) is 12.3. The Labute approximate surface area is 219 Å². The quantitative estimate of drug-likeness (QED) is 0.511. The summed E-state index contributed by atoms with van der Waals surface area (Å²) in [6.07, 6.45) is 6.26. The summed E-state index contributed by atoms with van der Waals surface area (Å²) in [7, 11) is -3.79. The van der Waals surface area contributed by atoms with Crippen LogP contribution in [0.4, 0.5) is 5.69 Å². The van der Waals surface area contributed by atoms with E-state index >= 15 is 0 Å². The number of aryl methyl sites for hydroxylation is 2. The second-order valence-corrected chi connectivity index (χ2v) is 12.1. The fraction of sp³-hybridized carbons (Fsp3) is 0.481. The van der Waals surface area contributed by atoms with Gasteiger partial charge in [0.15, 0.2) is 0 Å². The van der Waals surface area contributed by atoms with Gasteiger partial charge in [0, 0.05) is 17.6 Å². The van der Waals surface area contributed by atoms with Gasteiger partial charge in [-0.05, 0) is 62.9 Å². The summed E-state index contributed by atoms with van der Waals surface area (Å²) in [6, 6.07) is 11.9. The molecule has 0 aromatic heterocycles. The number of hydrogen-bond donors (Lipinski definition) is 1. The average molecular weight is 534 g/mol. The Balaban J connectivity index is 1.89. The lowest BCUT2D eigenvalue weighted by Crippen LogP contribution is -2.53. The Morgan fingerprint density at radius 3 is 2.39 bits per heavy atom. The topological polar surface area (TPSA) is 86.8 Å². The highest BCUT2D eigenvalue weighted by Gasteiger charge is 2.31. The predicted octanol–water partition coefficient (Wildman–Crippen LogP) is 4.59. The van der Waals surface area contributed by atoms with Crippen LogP contribution < -0.4 is 9.62 Å². The minimum Gasteiger partial charge on any atom is -0.352 e. The minimum atomic E-state index is -3.79. The number of halogens is 1. The van der Waals surface area contributed by atoms with E-state index in [1.165, 1.54) is 11.3 Å². The number of anilines is 1. The van der Waals surface area contributed by atoms with Crippen LogP contribution >= 0.6 is 11.6 Å². The van der Waals surface area contributed by atoms with Gasteiger partial charge in [-0.3, -0.25) is 13.9 Å². The number of nitrogens with one attached hydrogen (secondary N) is 1. The van der Waals surface area contributed by atoms with Gasteiger partial charge in [0.25, 0.3) is 0 Å². The summed E-state index contributed by atoms with van der Waals surface area (Å²) in [5.41, 5.74) is 2.92. The highest BCUT2D eigenvalue weighted by molar-refractivity contribution is 7.92. The van der Waals surface area contributed by atoms with Crippen LogP contribution in [0.3, 0.4) is 0 Å². The highest BCUT2D eigenvalue weighted by Crippen LogP contribution is 2.26. The number of nitrogens with zero attached hydrogens (tertiary/aromatic N) is 2. The number of amides is 2. The highest BCUT2D eigenvalue weighted by atomic mass is 35.5. The smallest absolute Gasteiger partial charge is 0.244 e. The van der Waals surface area contributed by atoms with Gasteiger partial charge in [-0.1, -0.05) is 60.7 Å². The van der Waals surface area contributed by atoms with E-state index in [-0.39, 0.29) is 18.5 Å². The van der Waals surface area contributed by atoms with E-state index in [0.717, 1.165) is 47.4 Å². The second-order valence-electron chi connectivity index (χ2n) is 9.73. The molecule has 36 heavy (non-hydrogen) atoms. The molecule has 0 bridgehead atoms. The standard InChI is InChI=1S/C27H36ClN3O4S/c1-19-9-8-10-22(15-19)17-30(21(3)27(33)29-24-11-6-5-7-12-24)26(32)18-31(36(4,34)35)25-14-13-23(28)16-20(25)2/h8-10,13-16,21,24H,5-7,11-12,17-18H2,1-4H3,(H,29,33)/t21-/m1/s1. The van der Waals surface area contributed by atoms with Crippen molar-refractivity contribution in [2.75, 3.05) is 17.1 Å². The number of rotatable bonds is 9. The SMILES string of the molecule is Cc1cccc(CN(C(=O)CN(c2ccc(Cl)cc2C)S(C)(=O)=O)[C@H](C)C(=O)NC2CCCCC2)c1. The largest absolute Gasteiger partial charge is 0.352 e. The molecule has 2 aromatic rings. The van der Waals surface area contributed by atoms with Crippen LogP contribution in [0.2, 0.25) is 5.02 Å². The molecule has 0 spiro atoms. The summed E-state index contributed by atoms with van der Waals surface area (Å²) < 4.78 is 26.6. The molecule has 9 heteroatoms. The van der Waals surface area contributed by atoms with Crippen LogP contribution in [-0.2, 0) is 26.2 Å². The number of hydrogen-bond acceptors (Lipinski definition) is 4. The third-order valence-corrected chi connectivity index (χ3v) is 8.02. The Bertz CT molecular complexity index is 1200. The number of carbonyl (C=O) groups excluding carboxylic acids is 2. The fourth-order valence-electron chi connectivity index (χ4n) is 4.65. The van der Waals surface area contributed by atoms with Crippen molar-refractivity contribution in [1.29, 1.82) is 0 Å². The molecule has 1 fully saturated rings. The average Bonchev–Trinajstić information content (AvgIpc) is 2.81. The van der Waals surface area contributed by atoms with E-state index in [2.05, 4.69) is 5.32 Å². The third kappa shape index (κ3) is 7.46. The molecule has 2 aromatic carbocycles.